The van der Waals surface area contributed by atoms with Crippen LogP contribution in [0.15, 0.2) is 114 Å². The SMILES string of the molecule is CCC(C)C1=C(C(c2ccccc2)(c2ccccc2)c2ccccc2)CC=C1. The smallest absolute Gasteiger partial charge is 0.0670 e. The second kappa shape index (κ2) is 8.02. The van der Waals surface area contributed by atoms with Crippen LogP contribution in [-0.2, 0) is 5.41 Å². The van der Waals surface area contributed by atoms with Gasteiger partial charge in [0, 0.05) is 0 Å². The van der Waals surface area contributed by atoms with Gasteiger partial charge in [0.15, 0.2) is 0 Å². The van der Waals surface area contributed by atoms with Crippen LogP contribution in [0.3, 0.4) is 0 Å². The van der Waals surface area contributed by atoms with Crippen LogP contribution in [0.2, 0.25) is 0 Å². The Bertz CT molecular complexity index is 866. The molecular formula is C28H28. The van der Waals surface area contributed by atoms with Gasteiger partial charge >= 0.3 is 0 Å². The van der Waals surface area contributed by atoms with E-state index in [1.165, 1.54) is 27.8 Å². The Kier molecular flexibility index (Phi) is 5.30. The minimum absolute atomic E-state index is 0.272. The molecule has 28 heavy (non-hydrogen) atoms. The van der Waals surface area contributed by atoms with Crippen LogP contribution >= 0.6 is 0 Å². The van der Waals surface area contributed by atoms with E-state index in [2.05, 4.69) is 117 Å². The summed E-state index contributed by atoms with van der Waals surface area (Å²) in [5, 5.41) is 0. The highest BCUT2D eigenvalue weighted by molar-refractivity contribution is 5.62. The lowest BCUT2D eigenvalue weighted by Gasteiger charge is -2.39. The first-order chi connectivity index (χ1) is 13.8. The molecule has 0 radical (unpaired) electrons. The molecule has 0 fully saturated rings. The van der Waals surface area contributed by atoms with Crippen LogP contribution in [0.1, 0.15) is 43.4 Å². The van der Waals surface area contributed by atoms with Crippen LogP contribution in [-0.4, -0.2) is 0 Å². The van der Waals surface area contributed by atoms with Gasteiger partial charge in [-0.2, -0.15) is 0 Å². The van der Waals surface area contributed by atoms with E-state index in [9.17, 15) is 0 Å². The van der Waals surface area contributed by atoms with Gasteiger partial charge in [0.25, 0.3) is 0 Å². The molecule has 1 aliphatic carbocycles. The second-order valence-electron chi connectivity index (χ2n) is 7.70. The van der Waals surface area contributed by atoms with Crippen LogP contribution in [0.4, 0.5) is 0 Å². The highest BCUT2D eigenvalue weighted by atomic mass is 14.4. The van der Waals surface area contributed by atoms with Crippen molar-refractivity contribution in [2.45, 2.75) is 32.1 Å². The van der Waals surface area contributed by atoms with Crippen molar-refractivity contribution >= 4 is 0 Å². The van der Waals surface area contributed by atoms with Gasteiger partial charge in [0.05, 0.1) is 5.41 Å². The van der Waals surface area contributed by atoms with Gasteiger partial charge in [-0.25, -0.2) is 0 Å². The molecule has 0 spiro atoms. The van der Waals surface area contributed by atoms with Gasteiger partial charge < -0.3 is 0 Å². The summed E-state index contributed by atoms with van der Waals surface area (Å²) in [5.41, 5.74) is 6.77. The van der Waals surface area contributed by atoms with Gasteiger partial charge in [0.1, 0.15) is 0 Å². The van der Waals surface area contributed by atoms with Gasteiger partial charge in [-0.1, -0.05) is 117 Å². The monoisotopic (exact) mass is 364 g/mol. The Morgan fingerprint density at radius 1 is 0.714 bits per heavy atom. The topological polar surface area (TPSA) is 0 Å². The lowest BCUT2D eigenvalue weighted by molar-refractivity contribution is 0.631. The van der Waals surface area contributed by atoms with Crippen molar-refractivity contribution in [3.05, 3.63) is 131 Å². The third kappa shape index (κ3) is 3.03. The van der Waals surface area contributed by atoms with Crippen molar-refractivity contribution in [2.24, 2.45) is 5.92 Å². The van der Waals surface area contributed by atoms with Crippen molar-refractivity contribution in [1.29, 1.82) is 0 Å². The molecule has 0 amide bonds. The van der Waals surface area contributed by atoms with Gasteiger partial charge in [-0.05, 0) is 46.6 Å². The van der Waals surface area contributed by atoms with Gasteiger partial charge in [-0.3, -0.25) is 0 Å². The number of benzene rings is 3. The van der Waals surface area contributed by atoms with E-state index in [0.29, 0.717) is 5.92 Å². The fraction of sp³-hybridized carbons (Fsp3) is 0.214. The molecule has 1 aliphatic rings. The Balaban J connectivity index is 2.11. The molecule has 0 saturated carbocycles. The average Bonchev–Trinajstić information content (AvgIpc) is 3.26. The van der Waals surface area contributed by atoms with Gasteiger partial charge in [-0.15, -0.1) is 0 Å². The van der Waals surface area contributed by atoms with E-state index >= 15 is 0 Å². The molecule has 0 nitrogen and oxygen atoms in total. The molecule has 0 heterocycles. The maximum absolute atomic E-state index is 2.37. The van der Waals surface area contributed by atoms with Crippen LogP contribution < -0.4 is 0 Å². The molecular weight excluding hydrogens is 336 g/mol. The first-order valence-corrected chi connectivity index (χ1v) is 10.3. The van der Waals surface area contributed by atoms with E-state index in [4.69, 9.17) is 0 Å². The Hall–Kier alpha value is -2.86. The zero-order valence-electron chi connectivity index (χ0n) is 16.8. The fourth-order valence-corrected chi connectivity index (χ4v) is 4.66. The van der Waals surface area contributed by atoms with Crippen molar-refractivity contribution in [3.8, 4) is 0 Å². The van der Waals surface area contributed by atoms with Crippen LogP contribution in [0.25, 0.3) is 0 Å². The predicted molar refractivity (Wildman–Crippen MR) is 119 cm³/mol. The minimum atomic E-state index is -0.272. The maximum atomic E-state index is 2.37. The first kappa shape index (κ1) is 18.5. The van der Waals surface area contributed by atoms with Crippen molar-refractivity contribution in [1.82, 2.24) is 0 Å². The molecule has 0 heteroatoms. The molecule has 3 aromatic rings. The molecule has 0 aromatic heterocycles. The Morgan fingerprint density at radius 2 is 1.14 bits per heavy atom. The van der Waals surface area contributed by atoms with Crippen molar-refractivity contribution in [2.75, 3.05) is 0 Å². The standard InChI is InChI=1S/C28H28/c1-3-22(2)26-20-13-21-27(26)28(23-14-7-4-8-15-23,24-16-9-5-10-17-24)25-18-11-6-12-19-25/h4-20,22H,3,21H2,1-2H3. The first-order valence-electron chi connectivity index (χ1n) is 10.3. The summed E-state index contributed by atoms with van der Waals surface area (Å²) >= 11 is 0. The highest BCUT2D eigenvalue weighted by Gasteiger charge is 2.41. The zero-order chi connectivity index (χ0) is 19.4. The summed E-state index contributed by atoms with van der Waals surface area (Å²) in [7, 11) is 0. The second-order valence-corrected chi connectivity index (χ2v) is 7.70. The molecule has 0 bridgehead atoms. The quantitative estimate of drug-likeness (QED) is 0.402. The summed E-state index contributed by atoms with van der Waals surface area (Å²) in [6.07, 6.45) is 6.86. The molecule has 3 aromatic carbocycles. The molecule has 0 aliphatic heterocycles. The largest absolute Gasteiger partial charge is 0.0801 e. The summed E-state index contributed by atoms with van der Waals surface area (Å²) in [6, 6.07) is 33.1. The van der Waals surface area contributed by atoms with Crippen molar-refractivity contribution < 1.29 is 0 Å². The lowest BCUT2D eigenvalue weighted by atomic mass is 9.63. The number of allylic oxidation sites excluding steroid dienone is 4. The number of hydrogen-bond donors (Lipinski definition) is 0. The Morgan fingerprint density at radius 3 is 1.54 bits per heavy atom. The number of hydrogen-bond acceptors (Lipinski definition) is 0. The molecule has 0 saturated heterocycles. The van der Waals surface area contributed by atoms with E-state index in [1.54, 1.807) is 0 Å². The molecule has 4 rings (SSSR count). The summed E-state index contributed by atoms with van der Waals surface area (Å²) in [5.74, 6) is 0.546. The van der Waals surface area contributed by atoms with E-state index in [-0.39, 0.29) is 5.41 Å². The van der Waals surface area contributed by atoms with Crippen molar-refractivity contribution in [3.63, 3.8) is 0 Å². The van der Waals surface area contributed by atoms with Gasteiger partial charge in [0.2, 0.25) is 0 Å². The lowest BCUT2D eigenvalue weighted by Crippen LogP contribution is -2.32. The minimum Gasteiger partial charge on any atom is -0.0801 e. The molecule has 140 valence electrons. The molecule has 0 N–H and O–H groups in total. The predicted octanol–water partition coefficient (Wildman–Crippen LogP) is 7.32. The third-order valence-corrected chi connectivity index (χ3v) is 6.18. The highest BCUT2D eigenvalue weighted by Crippen LogP contribution is 2.50. The summed E-state index contributed by atoms with van der Waals surface area (Å²) < 4.78 is 0. The third-order valence-electron chi connectivity index (χ3n) is 6.18. The van der Waals surface area contributed by atoms with E-state index < -0.39 is 0 Å². The average molecular weight is 365 g/mol. The summed E-state index contributed by atoms with van der Waals surface area (Å²) in [4.78, 5) is 0. The number of rotatable bonds is 6. The summed E-state index contributed by atoms with van der Waals surface area (Å²) in [6.45, 7) is 4.65. The van der Waals surface area contributed by atoms with E-state index in [1.807, 2.05) is 0 Å². The molecule has 1 atom stereocenters. The Labute approximate surface area is 169 Å². The zero-order valence-corrected chi connectivity index (χ0v) is 16.8. The fourth-order valence-electron chi connectivity index (χ4n) is 4.66. The van der Waals surface area contributed by atoms with E-state index in [0.717, 1.165) is 12.8 Å². The van der Waals surface area contributed by atoms with Crippen LogP contribution in [0.5, 0.6) is 0 Å². The normalized spacial score (nSPS) is 15.1. The maximum Gasteiger partial charge on any atom is 0.0670 e. The molecule has 1 unspecified atom stereocenters. The van der Waals surface area contributed by atoms with Crippen LogP contribution in [0, 0.1) is 5.92 Å².